The van der Waals surface area contributed by atoms with Crippen LogP contribution in [0.1, 0.15) is 44.3 Å². The van der Waals surface area contributed by atoms with E-state index in [0.29, 0.717) is 17.6 Å². The summed E-state index contributed by atoms with van der Waals surface area (Å²) in [6.07, 6.45) is 4.25. The highest BCUT2D eigenvalue weighted by molar-refractivity contribution is 6.29. The molecule has 0 aromatic carbocycles. The zero-order chi connectivity index (χ0) is 14.8. The van der Waals surface area contributed by atoms with Gasteiger partial charge in [0.05, 0.1) is 6.54 Å². The first-order chi connectivity index (χ1) is 10.2. The van der Waals surface area contributed by atoms with Gasteiger partial charge in [-0.15, -0.1) is 0 Å². The summed E-state index contributed by atoms with van der Waals surface area (Å²) in [5.41, 5.74) is 0. The normalized spacial score (nSPS) is 19.8. The Kier molecular flexibility index (Phi) is 4.29. The van der Waals surface area contributed by atoms with E-state index in [-0.39, 0.29) is 5.91 Å². The molecule has 3 rings (SSSR count). The number of aromatic nitrogens is 2. The third kappa shape index (κ3) is 3.46. The lowest BCUT2D eigenvalue weighted by Crippen LogP contribution is -2.37. The standard InChI is InChI=1S/C15H21ClN4O/c1-2-6-19-7-3-8-20(10-14(19)21)13-9-12(16)17-15(18-13)11-4-5-11/h9,11H,2-8,10H2,1H3. The third-order valence-electron chi connectivity index (χ3n) is 3.99. The fourth-order valence-corrected chi connectivity index (χ4v) is 2.91. The molecule has 0 spiro atoms. The summed E-state index contributed by atoms with van der Waals surface area (Å²) < 4.78 is 0. The van der Waals surface area contributed by atoms with Crippen molar-refractivity contribution in [3.8, 4) is 0 Å². The van der Waals surface area contributed by atoms with Crippen molar-refractivity contribution in [1.29, 1.82) is 0 Å². The Morgan fingerprint density at radius 3 is 2.86 bits per heavy atom. The van der Waals surface area contributed by atoms with E-state index in [4.69, 9.17) is 11.6 Å². The van der Waals surface area contributed by atoms with E-state index >= 15 is 0 Å². The summed E-state index contributed by atoms with van der Waals surface area (Å²) in [6.45, 7) is 4.99. The Morgan fingerprint density at radius 2 is 2.14 bits per heavy atom. The second-order valence-corrected chi connectivity index (χ2v) is 6.22. The lowest BCUT2D eigenvalue weighted by molar-refractivity contribution is -0.129. The lowest BCUT2D eigenvalue weighted by atomic mass is 10.3. The van der Waals surface area contributed by atoms with Gasteiger partial charge in [-0.25, -0.2) is 9.97 Å². The average Bonchev–Trinajstić information content (AvgIpc) is 3.28. The summed E-state index contributed by atoms with van der Waals surface area (Å²) in [6, 6.07) is 1.77. The van der Waals surface area contributed by atoms with Crippen molar-refractivity contribution in [3.05, 3.63) is 17.0 Å². The summed E-state index contributed by atoms with van der Waals surface area (Å²) in [5, 5.41) is 0.476. The maximum absolute atomic E-state index is 12.3. The fraction of sp³-hybridized carbons (Fsp3) is 0.667. The number of anilines is 1. The number of hydrogen-bond donors (Lipinski definition) is 0. The second kappa shape index (κ2) is 6.18. The zero-order valence-corrected chi connectivity index (χ0v) is 13.1. The van der Waals surface area contributed by atoms with Crippen LogP contribution >= 0.6 is 11.6 Å². The van der Waals surface area contributed by atoms with Gasteiger partial charge in [-0.1, -0.05) is 18.5 Å². The molecule has 114 valence electrons. The van der Waals surface area contributed by atoms with Crippen LogP contribution in [0.15, 0.2) is 6.07 Å². The minimum absolute atomic E-state index is 0.178. The van der Waals surface area contributed by atoms with E-state index in [2.05, 4.69) is 16.9 Å². The second-order valence-electron chi connectivity index (χ2n) is 5.84. The van der Waals surface area contributed by atoms with Crippen molar-refractivity contribution in [2.75, 3.05) is 31.1 Å². The van der Waals surface area contributed by atoms with Gasteiger partial charge in [-0.05, 0) is 25.7 Å². The van der Waals surface area contributed by atoms with Crippen LogP contribution in [-0.2, 0) is 4.79 Å². The van der Waals surface area contributed by atoms with E-state index in [1.807, 2.05) is 9.80 Å². The Labute approximate surface area is 130 Å². The maximum Gasteiger partial charge on any atom is 0.242 e. The number of halogens is 1. The molecule has 1 saturated carbocycles. The van der Waals surface area contributed by atoms with Gasteiger partial charge < -0.3 is 9.80 Å². The Morgan fingerprint density at radius 1 is 1.33 bits per heavy atom. The van der Waals surface area contributed by atoms with E-state index < -0.39 is 0 Å². The fourth-order valence-electron chi connectivity index (χ4n) is 2.73. The first-order valence-corrected chi connectivity index (χ1v) is 8.12. The van der Waals surface area contributed by atoms with E-state index in [1.165, 1.54) is 0 Å². The topological polar surface area (TPSA) is 49.3 Å². The Bertz CT molecular complexity index is 532. The van der Waals surface area contributed by atoms with Crippen molar-refractivity contribution >= 4 is 23.3 Å². The molecule has 21 heavy (non-hydrogen) atoms. The Hall–Kier alpha value is -1.36. The van der Waals surface area contributed by atoms with Crippen LogP contribution in [0.5, 0.6) is 0 Å². The Balaban J connectivity index is 1.78. The maximum atomic E-state index is 12.3. The summed E-state index contributed by atoms with van der Waals surface area (Å²) in [5.74, 6) is 2.27. The molecule has 1 aliphatic heterocycles. The van der Waals surface area contributed by atoms with Gasteiger partial charge in [0.15, 0.2) is 0 Å². The largest absolute Gasteiger partial charge is 0.347 e. The van der Waals surface area contributed by atoms with Crippen LogP contribution in [0.25, 0.3) is 0 Å². The van der Waals surface area contributed by atoms with Crippen molar-refractivity contribution in [3.63, 3.8) is 0 Å². The molecule has 5 nitrogen and oxygen atoms in total. The van der Waals surface area contributed by atoms with Crippen LogP contribution in [0.4, 0.5) is 5.82 Å². The predicted octanol–water partition coefficient (Wildman–Crippen LogP) is 2.46. The molecule has 0 radical (unpaired) electrons. The molecular formula is C15H21ClN4O. The van der Waals surface area contributed by atoms with E-state index in [9.17, 15) is 4.79 Å². The highest BCUT2D eigenvalue weighted by atomic mass is 35.5. The van der Waals surface area contributed by atoms with Crippen LogP contribution in [0.3, 0.4) is 0 Å². The van der Waals surface area contributed by atoms with Gasteiger partial charge >= 0.3 is 0 Å². The van der Waals surface area contributed by atoms with Gasteiger partial charge in [0.1, 0.15) is 16.8 Å². The van der Waals surface area contributed by atoms with Crippen molar-refractivity contribution in [1.82, 2.24) is 14.9 Å². The molecule has 1 aromatic heterocycles. The number of carbonyl (C=O) groups excluding carboxylic acids is 1. The van der Waals surface area contributed by atoms with Gasteiger partial charge in [-0.3, -0.25) is 4.79 Å². The van der Waals surface area contributed by atoms with E-state index in [0.717, 1.165) is 57.0 Å². The minimum atomic E-state index is 0.178. The van der Waals surface area contributed by atoms with Gasteiger partial charge in [0, 0.05) is 31.6 Å². The summed E-state index contributed by atoms with van der Waals surface area (Å²) in [7, 11) is 0. The van der Waals surface area contributed by atoms with Crippen LogP contribution in [-0.4, -0.2) is 47.0 Å². The van der Waals surface area contributed by atoms with Crippen molar-refractivity contribution < 1.29 is 4.79 Å². The quantitative estimate of drug-likeness (QED) is 0.802. The molecule has 2 heterocycles. The third-order valence-corrected chi connectivity index (χ3v) is 4.19. The summed E-state index contributed by atoms with van der Waals surface area (Å²) in [4.78, 5) is 25.2. The molecule has 2 fully saturated rings. The molecule has 1 amide bonds. The minimum Gasteiger partial charge on any atom is -0.347 e. The molecule has 0 unspecified atom stereocenters. The SMILES string of the molecule is CCCN1CCCN(c2cc(Cl)nc(C3CC3)n2)CC1=O. The van der Waals surface area contributed by atoms with E-state index in [1.54, 1.807) is 6.07 Å². The highest BCUT2D eigenvalue weighted by Gasteiger charge is 2.29. The zero-order valence-electron chi connectivity index (χ0n) is 12.4. The van der Waals surface area contributed by atoms with Gasteiger partial charge in [-0.2, -0.15) is 0 Å². The molecule has 1 aliphatic carbocycles. The molecule has 6 heteroatoms. The number of rotatable bonds is 4. The molecule has 1 aromatic rings. The number of nitrogens with zero attached hydrogens (tertiary/aromatic N) is 4. The highest BCUT2D eigenvalue weighted by Crippen LogP contribution is 2.39. The average molecular weight is 309 g/mol. The van der Waals surface area contributed by atoms with Gasteiger partial charge in [0.2, 0.25) is 5.91 Å². The summed E-state index contributed by atoms with van der Waals surface area (Å²) >= 11 is 6.12. The first-order valence-electron chi connectivity index (χ1n) is 7.74. The number of hydrogen-bond acceptors (Lipinski definition) is 4. The molecule has 2 aliphatic rings. The predicted molar refractivity (Wildman–Crippen MR) is 82.7 cm³/mol. The molecule has 1 saturated heterocycles. The number of amides is 1. The van der Waals surface area contributed by atoms with Crippen LogP contribution < -0.4 is 4.90 Å². The molecule has 0 atom stereocenters. The molecule has 0 N–H and O–H groups in total. The smallest absolute Gasteiger partial charge is 0.242 e. The molecular weight excluding hydrogens is 288 g/mol. The van der Waals surface area contributed by atoms with Crippen molar-refractivity contribution in [2.24, 2.45) is 0 Å². The van der Waals surface area contributed by atoms with Crippen LogP contribution in [0, 0.1) is 0 Å². The first kappa shape index (κ1) is 14.6. The molecule has 0 bridgehead atoms. The van der Waals surface area contributed by atoms with Crippen molar-refractivity contribution in [2.45, 2.75) is 38.5 Å². The van der Waals surface area contributed by atoms with Gasteiger partial charge in [0.25, 0.3) is 0 Å². The van der Waals surface area contributed by atoms with Crippen LogP contribution in [0.2, 0.25) is 5.15 Å². The number of carbonyl (C=O) groups is 1. The monoisotopic (exact) mass is 308 g/mol. The lowest BCUT2D eigenvalue weighted by Gasteiger charge is -2.22.